The van der Waals surface area contributed by atoms with Gasteiger partial charge < -0.3 is 14.9 Å². The monoisotopic (exact) mass is 948 g/mol. The second-order valence-corrected chi connectivity index (χ2v) is 16.0. The molecule has 0 saturated heterocycles. The molecule has 5 aromatic carbocycles. The van der Waals surface area contributed by atoms with E-state index in [1.807, 2.05) is 42.6 Å². The first-order valence-electron chi connectivity index (χ1n) is 20.2. The van der Waals surface area contributed by atoms with Crippen molar-refractivity contribution in [1.29, 1.82) is 0 Å². The van der Waals surface area contributed by atoms with Crippen LogP contribution in [0.5, 0.6) is 5.75 Å². The van der Waals surface area contributed by atoms with Crippen LogP contribution in [0.2, 0.25) is 0 Å². The molecule has 59 heavy (non-hydrogen) atoms. The summed E-state index contributed by atoms with van der Waals surface area (Å²) in [5.74, 6) is 1.21. The normalized spacial score (nSPS) is 13.2. The van der Waals surface area contributed by atoms with Gasteiger partial charge in [0, 0.05) is 38.5 Å². The summed E-state index contributed by atoms with van der Waals surface area (Å²) in [5, 5.41) is 11.8. The van der Waals surface area contributed by atoms with Gasteiger partial charge in [-0.25, -0.2) is 4.98 Å². The van der Waals surface area contributed by atoms with E-state index >= 15 is 0 Å². The third kappa shape index (κ3) is 7.04. The number of benzene rings is 5. The molecule has 2 aliphatic rings. The minimum atomic E-state index is -0.345. The van der Waals surface area contributed by atoms with Crippen LogP contribution < -0.4 is 11.1 Å². The van der Waals surface area contributed by atoms with Crippen LogP contribution in [0, 0.1) is 19.9 Å². The van der Waals surface area contributed by atoms with Crippen molar-refractivity contribution in [2.75, 3.05) is 0 Å². The van der Waals surface area contributed by atoms with E-state index in [0.717, 1.165) is 45.0 Å². The molecule has 0 aliphatic carbocycles. The van der Waals surface area contributed by atoms with Crippen LogP contribution in [-0.2, 0) is 21.1 Å². The van der Waals surface area contributed by atoms with Gasteiger partial charge >= 0.3 is 6.85 Å². The minimum Gasteiger partial charge on any atom is -0.507 e. The smallest absolute Gasteiger partial charge is 0.331 e. The Labute approximate surface area is 362 Å². The number of pyridine rings is 1. The Bertz CT molecular complexity index is 2730. The van der Waals surface area contributed by atoms with Crippen molar-refractivity contribution in [3.8, 4) is 45.2 Å². The molecule has 2 aliphatic heterocycles. The molecule has 0 fully saturated rings. The summed E-state index contributed by atoms with van der Waals surface area (Å²) >= 11 is 0. The average Bonchev–Trinajstić information content (AvgIpc) is 3.62. The fourth-order valence-electron chi connectivity index (χ4n) is 8.76. The number of phenolic OH excluding ortho intramolecular Hbond substituents is 1. The summed E-state index contributed by atoms with van der Waals surface area (Å²) in [7, 11) is 0. The topological polar surface area (TPSA) is 54.2 Å². The van der Waals surface area contributed by atoms with E-state index in [1.165, 1.54) is 38.9 Å². The summed E-state index contributed by atoms with van der Waals surface area (Å²) in [6, 6.07) is 45.7. The van der Waals surface area contributed by atoms with Gasteiger partial charge in [-0.15, -0.1) is 35.3 Å². The number of phenols is 1. The second kappa shape index (κ2) is 16.4. The second-order valence-electron chi connectivity index (χ2n) is 16.0. The Morgan fingerprint density at radius 1 is 0.712 bits per heavy atom. The van der Waals surface area contributed by atoms with Gasteiger partial charge in [0.2, 0.25) is 0 Å². The number of aryl methyl sites for hydroxylation is 2. The maximum atomic E-state index is 11.8. The minimum absolute atomic E-state index is 0. The number of aromatic hydroxyl groups is 1. The van der Waals surface area contributed by atoms with Gasteiger partial charge in [0.15, 0.2) is 0 Å². The SMILES string of the molecule is Cc1cccc(C)c1C1=C2C=CC=CN2B(c2[c-]c(-c3ccccn3)ccc2)c2nc(-c3ccccc3O)n(-c3c(C(C)C)cc(-c4ccccc4)cc3C(C)C)c21.[Pt]. The third-order valence-electron chi connectivity index (χ3n) is 11.5. The first kappa shape index (κ1) is 39.8. The van der Waals surface area contributed by atoms with Crippen molar-refractivity contribution in [3.05, 3.63) is 197 Å². The molecule has 5 nitrogen and oxygen atoms in total. The number of hydrogen-bond donors (Lipinski definition) is 1. The van der Waals surface area contributed by atoms with E-state index in [0.29, 0.717) is 11.4 Å². The number of nitrogens with zero attached hydrogens (tertiary/aromatic N) is 4. The standard InChI is InChI=1S/C52H46BN4O.Pt/c1-33(2)42-31-39(37-20-8-7-9-21-37)32-43(34(3)4)49(42)57-50-48(47-35(5)18-16-19-36(47)6)45-26-13-15-29-56(45)53(51(50)55-52(57)41-24-10-11-27-46(41)58)40-23-17-22-38(30-40)44-25-12-14-28-54-44;/h7-29,31-34,58H,1-6H3;/q-1;. The van der Waals surface area contributed by atoms with E-state index in [-0.39, 0.29) is 45.5 Å². The summed E-state index contributed by atoms with van der Waals surface area (Å²) in [6.45, 7) is 13.2. The predicted octanol–water partition coefficient (Wildman–Crippen LogP) is 10.9. The zero-order chi connectivity index (χ0) is 40.1. The van der Waals surface area contributed by atoms with Gasteiger partial charge in [-0.1, -0.05) is 107 Å². The molecule has 0 bridgehead atoms. The van der Waals surface area contributed by atoms with Crippen LogP contribution in [0.1, 0.15) is 73.0 Å². The van der Waals surface area contributed by atoms with Crippen molar-refractivity contribution in [3.63, 3.8) is 0 Å². The predicted molar refractivity (Wildman–Crippen MR) is 240 cm³/mol. The Balaban J connectivity index is 0.00000484. The van der Waals surface area contributed by atoms with Crippen LogP contribution >= 0.6 is 0 Å². The number of hydrogen-bond acceptors (Lipinski definition) is 4. The molecule has 0 spiro atoms. The number of imidazole rings is 1. The molecule has 0 unspecified atom stereocenters. The molecule has 294 valence electrons. The number of rotatable bonds is 8. The van der Waals surface area contributed by atoms with E-state index < -0.39 is 0 Å². The first-order valence-corrected chi connectivity index (χ1v) is 20.2. The molecular weight excluding hydrogens is 902 g/mol. The molecule has 4 heterocycles. The van der Waals surface area contributed by atoms with Gasteiger partial charge in [0.1, 0.15) is 11.6 Å². The van der Waals surface area contributed by atoms with Crippen molar-refractivity contribution in [2.24, 2.45) is 0 Å². The molecular formula is C52H46BN4OPt-. The largest absolute Gasteiger partial charge is 0.507 e. The number of fused-ring (bicyclic) bond motifs is 2. The molecule has 7 aromatic rings. The maximum absolute atomic E-state index is 11.8. The van der Waals surface area contributed by atoms with Gasteiger partial charge in [0.25, 0.3) is 0 Å². The molecule has 0 atom stereocenters. The van der Waals surface area contributed by atoms with Gasteiger partial charge in [-0.2, -0.15) is 0 Å². The van der Waals surface area contributed by atoms with Crippen LogP contribution in [-0.4, -0.2) is 31.3 Å². The average molecular weight is 949 g/mol. The molecule has 0 saturated carbocycles. The summed E-state index contributed by atoms with van der Waals surface area (Å²) < 4.78 is 2.40. The van der Waals surface area contributed by atoms with E-state index in [4.69, 9.17) is 9.97 Å². The van der Waals surface area contributed by atoms with Crippen molar-refractivity contribution >= 4 is 23.5 Å². The fourth-order valence-corrected chi connectivity index (χ4v) is 8.76. The molecule has 7 heteroatoms. The fraction of sp³-hybridized carbons (Fsp3) is 0.154. The van der Waals surface area contributed by atoms with Crippen LogP contribution in [0.3, 0.4) is 0 Å². The zero-order valence-electron chi connectivity index (χ0n) is 34.2. The number of para-hydroxylation sites is 1. The summed E-state index contributed by atoms with van der Waals surface area (Å²) in [4.78, 5) is 12.8. The Morgan fingerprint density at radius 2 is 1.39 bits per heavy atom. The molecule has 0 radical (unpaired) electrons. The third-order valence-corrected chi connectivity index (χ3v) is 11.5. The first-order chi connectivity index (χ1) is 28.2. The Kier molecular flexibility index (Phi) is 11.0. The zero-order valence-corrected chi connectivity index (χ0v) is 36.5. The maximum Gasteiger partial charge on any atom is 0.331 e. The van der Waals surface area contributed by atoms with Gasteiger partial charge in [0.05, 0.1) is 22.5 Å². The van der Waals surface area contributed by atoms with Crippen LogP contribution in [0.15, 0.2) is 158 Å². The van der Waals surface area contributed by atoms with Crippen molar-refractivity contribution in [2.45, 2.75) is 53.4 Å². The van der Waals surface area contributed by atoms with Gasteiger partial charge in [-0.3, -0.25) is 4.57 Å². The molecule has 1 N–H and O–H groups in total. The molecule has 2 aromatic heterocycles. The molecule has 9 rings (SSSR count). The van der Waals surface area contributed by atoms with E-state index in [1.54, 1.807) is 6.07 Å². The number of allylic oxidation sites excluding steroid dienone is 3. The summed E-state index contributed by atoms with van der Waals surface area (Å²) in [6.07, 6.45) is 10.5. The van der Waals surface area contributed by atoms with Crippen LogP contribution in [0.25, 0.3) is 45.0 Å². The van der Waals surface area contributed by atoms with Gasteiger partial charge in [-0.05, 0) is 119 Å². The number of aromatic nitrogens is 3. The quantitative estimate of drug-likeness (QED) is 0.122. The Morgan fingerprint density at radius 3 is 2.07 bits per heavy atom. The summed E-state index contributed by atoms with van der Waals surface area (Å²) in [5.41, 5.74) is 17.0. The van der Waals surface area contributed by atoms with Crippen molar-refractivity contribution in [1.82, 2.24) is 19.3 Å². The van der Waals surface area contributed by atoms with Crippen LogP contribution in [0.4, 0.5) is 0 Å². The Hall–Kier alpha value is -5.97. The van der Waals surface area contributed by atoms with E-state index in [2.05, 4.69) is 160 Å². The van der Waals surface area contributed by atoms with E-state index in [9.17, 15) is 5.11 Å². The molecule has 0 amide bonds. The van der Waals surface area contributed by atoms with Crippen molar-refractivity contribution < 1.29 is 26.2 Å².